The summed E-state index contributed by atoms with van der Waals surface area (Å²) >= 11 is 0. The number of hydrogen-bond donors (Lipinski definition) is 0. The number of rotatable bonds is 3. The summed E-state index contributed by atoms with van der Waals surface area (Å²) in [6, 6.07) is 0.580. The van der Waals surface area contributed by atoms with Gasteiger partial charge in [-0.25, -0.2) is 0 Å². The fourth-order valence-electron chi connectivity index (χ4n) is 3.44. The van der Waals surface area contributed by atoms with E-state index in [4.69, 9.17) is 4.74 Å². The van der Waals surface area contributed by atoms with E-state index >= 15 is 0 Å². The maximum Gasteiger partial charge on any atom is 0.226 e. The van der Waals surface area contributed by atoms with Gasteiger partial charge in [0, 0.05) is 39.8 Å². The monoisotopic (exact) mass is 252 g/mol. The van der Waals surface area contributed by atoms with Gasteiger partial charge in [-0.2, -0.15) is 0 Å². The lowest BCUT2D eigenvalue weighted by Gasteiger charge is -2.41. The zero-order valence-corrected chi connectivity index (χ0v) is 11.5. The molecule has 0 spiro atoms. The largest absolute Gasteiger partial charge is 0.377 e. The highest BCUT2D eigenvalue weighted by Crippen LogP contribution is 2.36. The third-order valence-corrected chi connectivity index (χ3v) is 4.60. The van der Waals surface area contributed by atoms with Crippen molar-refractivity contribution >= 4 is 5.91 Å². The topological polar surface area (TPSA) is 32.8 Å². The summed E-state index contributed by atoms with van der Waals surface area (Å²) in [4.78, 5) is 16.5. The second-order valence-electron chi connectivity index (χ2n) is 6.33. The van der Waals surface area contributed by atoms with E-state index in [1.807, 2.05) is 14.1 Å². The maximum atomic E-state index is 12.2. The van der Waals surface area contributed by atoms with E-state index in [1.54, 1.807) is 4.90 Å². The number of hydrogen-bond acceptors (Lipinski definition) is 3. The first-order valence-electron chi connectivity index (χ1n) is 7.22. The van der Waals surface area contributed by atoms with Crippen molar-refractivity contribution in [1.29, 1.82) is 0 Å². The van der Waals surface area contributed by atoms with E-state index in [0.29, 0.717) is 12.1 Å². The fraction of sp³-hybridized carbons (Fsp3) is 0.929. The van der Waals surface area contributed by atoms with Crippen LogP contribution < -0.4 is 0 Å². The smallest absolute Gasteiger partial charge is 0.226 e. The standard InChI is InChI=1S/C14H24N2O2/c1-15(2)14(17)11-7-13-12(5-6-18-13)16(9-11)8-10-3-4-10/h10-13H,3-9H2,1-2H3/t11-,12+,13+/m0/s1. The Bertz CT molecular complexity index is 328. The highest BCUT2D eigenvalue weighted by Gasteiger charge is 2.43. The predicted molar refractivity (Wildman–Crippen MR) is 69.2 cm³/mol. The van der Waals surface area contributed by atoms with E-state index in [1.165, 1.54) is 19.4 Å². The van der Waals surface area contributed by atoms with Crippen molar-refractivity contribution in [2.45, 2.75) is 37.8 Å². The first-order chi connectivity index (χ1) is 8.65. The quantitative estimate of drug-likeness (QED) is 0.750. The molecule has 4 nitrogen and oxygen atoms in total. The number of carbonyl (C=O) groups excluding carboxylic acids is 1. The predicted octanol–water partition coefficient (Wildman–Crippen LogP) is 0.964. The summed E-state index contributed by atoms with van der Waals surface area (Å²) in [7, 11) is 3.71. The van der Waals surface area contributed by atoms with Crippen LogP contribution in [0.15, 0.2) is 0 Å². The normalized spacial score (nSPS) is 36.4. The molecule has 18 heavy (non-hydrogen) atoms. The molecule has 0 aromatic rings. The summed E-state index contributed by atoms with van der Waals surface area (Å²) in [6.07, 6.45) is 5.12. The molecule has 3 aliphatic rings. The Kier molecular flexibility index (Phi) is 3.32. The Balaban J connectivity index is 1.69. The lowest BCUT2D eigenvalue weighted by atomic mass is 9.89. The van der Waals surface area contributed by atoms with Crippen molar-refractivity contribution in [3.05, 3.63) is 0 Å². The molecular formula is C14H24N2O2. The number of amides is 1. The van der Waals surface area contributed by atoms with Crippen molar-refractivity contribution in [3.63, 3.8) is 0 Å². The molecule has 1 amide bonds. The van der Waals surface area contributed by atoms with Crippen LogP contribution in [0.4, 0.5) is 0 Å². The van der Waals surface area contributed by atoms with Crippen LogP contribution in [0.5, 0.6) is 0 Å². The maximum absolute atomic E-state index is 12.2. The number of ether oxygens (including phenoxy) is 1. The molecular weight excluding hydrogens is 228 g/mol. The van der Waals surface area contributed by atoms with Crippen molar-refractivity contribution in [1.82, 2.24) is 9.80 Å². The van der Waals surface area contributed by atoms with Crippen LogP contribution in [0, 0.1) is 11.8 Å². The summed E-state index contributed by atoms with van der Waals surface area (Å²) in [5.74, 6) is 1.29. The summed E-state index contributed by atoms with van der Waals surface area (Å²) in [6.45, 7) is 3.00. The van der Waals surface area contributed by atoms with Crippen molar-refractivity contribution < 1.29 is 9.53 Å². The lowest BCUT2D eigenvalue weighted by Crippen LogP contribution is -2.53. The van der Waals surface area contributed by atoms with E-state index in [2.05, 4.69) is 4.90 Å². The van der Waals surface area contributed by atoms with Gasteiger partial charge in [0.2, 0.25) is 5.91 Å². The third kappa shape index (κ3) is 2.41. The van der Waals surface area contributed by atoms with Gasteiger partial charge in [0.1, 0.15) is 0 Å². The molecule has 1 saturated carbocycles. The van der Waals surface area contributed by atoms with Gasteiger partial charge in [-0.15, -0.1) is 0 Å². The van der Waals surface area contributed by atoms with Crippen molar-refractivity contribution in [3.8, 4) is 0 Å². The number of carbonyl (C=O) groups is 1. The third-order valence-electron chi connectivity index (χ3n) is 4.60. The van der Waals surface area contributed by atoms with Crippen LogP contribution in [0.25, 0.3) is 0 Å². The Morgan fingerprint density at radius 3 is 2.78 bits per heavy atom. The molecule has 1 aliphatic carbocycles. The molecule has 4 heteroatoms. The highest BCUT2D eigenvalue weighted by atomic mass is 16.5. The minimum absolute atomic E-state index is 0.137. The van der Waals surface area contributed by atoms with Gasteiger partial charge < -0.3 is 9.64 Å². The SMILES string of the molecule is CN(C)C(=O)[C@H]1C[C@H]2OCC[C@H]2N(CC2CC2)C1. The zero-order chi connectivity index (χ0) is 12.7. The second-order valence-corrected chi connectivity index (χ2v) is 6.33. The van der Waals surface area contributed by atoms with E-state index < -0.39 is 0 Å². The Morgan fingerprint density at radius 2 is 2.11 bits per heavy atom. The molecule has 0 bridgehead atoms. The molecule has 3 rings (SSSR count). The van der Waals surface area contributed by atoms with E-state index in [9.17, 15) is 4.79 Å². The average molecular weight is 252 g/mol. The van der Waals surface area contributed by atoms with Crippen LogP contribution in [-0.2, 0) is 9.53 Å². The molecule has 3 atom stereocenters. The first-order valence-corrected chi connectivity index (χ1v) is 7.22. The number of fused-ring (bicyclic) bond motifs is 1. The number of nitrogens with zero attached hydrogens (tertiary/aromatic N) is 2. The molecule has 2 heterocycles. The minimum atomic E-state index is 0.137. The molecule has 102 valence electrons. The molecule has 0 unspecified atom stereocenters. The van der Waals surface area contributed by atoms with Gasteiger partial charge >= 0.3 is 0 Å². The highest BCUT2D eigenvalue weighted by molar-refractivity contribution is 5.78. The molecule has 2 aliphatic heterocycles. The van der Waals surface area contributed by atoms with Gasteiger partial charge in [-0.05, 0) is 31.6 Å². The molecule has 0 aromatic heterocycles. The van der Waals surface area contributed by atoms with Gasteiger partial charge in [0.05, 0.1) is 12.0 Å². The van der Waals surface area contributed by atoms with Crippen LogP contribution in [0.3, 0.4) is 0 Å². The zero-order valence-electron chi connectivity index (χ0n) is 11.5. The molecule has 0 radical (unpaired) electrons. The van der Waals surface area contributed by atoms with E-state index in [0.717, 1.165) is 31.9 Å². The lowest BCUT2D eigenvalue weighted by molar-refractivity contribution is -0.137. The first kappa shape index (κ1) is 12.4. The molecule has 3 fully saturated rings. The average Bonchev–Trinajstić information content (AvgIpc) is 3.02. The Labute approximate surface area is 109 Å². The molecule has 0 aromatic carbocycles. The van der Waals surface area contributed by atoms with Gasteiger partial charge in [-0.1, -0.05) is 0 Å². The van der Waals surface area contributed by atoms with Crippen LogP contribution >= 0.6 is 0 Å². The number of piperidine rings is 1. The van der Waals surface area contributed by atoms with Crippen LogP contribution in [0.1, 0.15) is 25.7 Å². The van der Waals surface area contributed by atoms with E-state index in [-0.39, 0.29) is 11.8 Å². The number of likely N-dealkylation sites (tertiary alicyclic amines) is 1. The second kappa shape index (κ2) is 4.82. The van der Waals surface area contributed by atoms with Gasteiger partial charge in [-0.3, -0.25) is 9.69 Å². The van der Waals surface area contributed by atoms with Gasteiger partial charge in [0.15, 0.2) is 0 Å². The summed E-state index contributed by atoms with van der Waals surface area (Å²) in [5.41, 5.74) is 0. The Morgan fingerprint density at radius 1 is 1.33 bits per heavy atom. The fourth-order valence-corrected chi connectivity index (χ4v) is 3.44. The summed E-state index contributed by atoms with van der Waals surface area (Å²) < 4.78 is 5.84. The summed E-state index contributed by atoms with van der Waals surface area (Å²) in [5, 5.41) is 0. The van der Waals surface area contributed by atoms with Crippen LogP contribution in [0.2, 0.25) is 0 Å². The van der Waals surface area contributed by atoms with Crippen LogP contribution in [-0.4, -0.2) is 61.6 Å². The van der Waals surface area contributed by atoms with Crippen molar-refractivity contribution in [2.24, 2.45) is 11.8 Å². The van der Waals surface area contributed by atoms with Gasteiger partial charge in [0.25, 0.3) is 0 Å². The Hall–Kier alpha value is -0.610. The van der Waals surface area contributed by atoms with Crippen molar-refractivity contribution in [2.75, 3.05) is 33.8 Å². The minimum Gasteiger partial charge on any atom is -0.377 e. The molecule has 0 N–H and O–H groups in total. The molecule has 2 saturated heterocycles.